The summed E-state index contributed by atoms with van der Waals surface area (Å²) in [5, 5.41) is 14.8. The molecule has 6 nitrogen and oxygen atoms in total. The maximum atomic E-state index is 13.0. The molecule has 0 unspecified atom stereocenters. The van der Waals surface area contributed by atoms with E-state index >= 15 is 0 Å². The quantitative estimate of drug-likeness (QED) is 0.624. The van der Waals surface area contributed by atoms with E-state index in [4.69, 9.17) is 4.74 Å². The number of nitrogens with one attached hydrogen (secondary N) is 1. The maximum absolute atomic E-state index is 13.0. The Bertz CT molecular complexity index is 633. The molecule has 0 aliphatic rings. The average molecular weight is 311 g/mol. The van der Waals surface area contributed by atoms with Crippen LogP contribution >= 0.6 is 11.3 Å². The minimum absolute atomic E-state index is 0.0397. The molecule has 0 radical (unpaired) electrons. The summed E-state index contributed by atoms with van der Waals surface area (Å²) in [6.45, 7) is 3.04. The summed E-state index contributed by atoms with van der Waals surface area (Å²) in [6.07, 6.45) is 2.64. The minimum Gasteiger partial charge on any atom is -0.481 e. The monoisotopic (exact) mass is 311 g/mol. The fraction of sp³-hybridized carbons (Fsp3) is 0.308. The Morgan fingerprint density at radius 2 is 2.33 bits per heavy atom. The van der Waals surface area contributed by atoms with Crippen LogP contribution in [0.25, 0.3) is 0 Å². The van der Waals surface area contributed by atoms with Gasteiger partial charge in [0, 0.05) is 12.7 Å². The Kier molecular flexibility index (Phi) is 5.04. The molecule has 1 aromatic carbocycles. The van der Waals surface area contributed by atoms with Crippen LogP contribution in [0.5, 0.6) is 5.75 Å². The van der Waals surface area contributed by atoms with Gasteiger partial charge in [0.15, 0.2) is 10.9 Å². The zero-order valence-corrected chi connectivity index (χ0v) is 12.2. The molecule has 8 heteroatoms. The van der Waals surface area contributed by atoms with Crippen molar-refractivity contribution < 1.29 is 14.1 Å². The van der Waals surface area contributed by atoms with Crippen LogP contribution in [-0.2, 0) is 6.61 Å². The zero-order chi connectivity index (χ0) is 15.2. The number of halogens is 1. The summed E-state index contributed by atoms with van der Waals surface area (Å²) in [5.41, 5.74) is -0.385. The Balaban J connectivity index is 2.03. The average Bonchev–Trinajstić information content (AvgIpc) is 2.91. The van der Waals surface area contributed by atoms with Gasteiger partial charge in [-0.1, -0.05) is 18.3 Å². The second kappa shape index (κ2) is 6.98. The number of ether oxygens (including phenoxy) is 1. The lowest BCUT2D eigenvalue weighted by molar-refractivity contribution is -0.386. The van der Waals surface area contributed by atoms with Crippen molar-refractivity contribution in [1.82, 2.24) is 4.98 Å². The van der Waals surface area contributed by atoms with E-state index in [9.17, 15) is 14.5 Å². The van der Waals surface area contributed by atoms with Crippen LogP contribution in [0.4, 0.5) is 15.2 Å². The molecule has 0 aliphatic heterocycles. The van der Waals surface area contributed by atoms with Gasteiger partial charge in [0.2, 0.25) is 0 Å². The lowest BCUT2D eigenvalue weighted by Crippen LogP contribution is -1.98. The second-order valence-corrected chi connectivity index (χ2v) is 5.33. The standard InChI is InChI=1S/C13H14FN3O3S/c1-2-5-15-13-16-7-10(21-13)8-20-12-4-3-9(14)6-11(12)17(18)19/h3-4,6-7H,2,5,8H2,1H3,(H,15,16). The predicted molar refractivity (Wildman–Crippen MR) is 78.3 cm³/mol. The van der Waals surface area contributed by atoms with E-state index in [1.165, 1.54) is 17.4 Å². The van der Waals surface area contributed by atoms with Crippen molar-refractivity contribution in [2.24, 2.45) is 0 Å². The van der Waals surface area contributed by atoms with Gasteiger partial charge in [0.1, 0.15) is 12.4 Å². The summed E-state index contributed by atoms with van der Waals surface area (Å²) in [6, 6.07) is 3.23. The van der Waals surface area contributed by atoms with Crippen molar-refractivity contribution in [1.29, 1.82) is 0 Å². The lowest BCUT2D eigenvalue weighted by Gasteiger charge is -2.05. The molecule has 1 N–H and O–H groups in total. The van der Waals surface area contributed by atoms with Gasteiger partial charge in [-0.3, -0.25) is 10.1 Å². The maximum Gasteiger partial charge on any atom is 0.313 e. The van der Waals surface area contributed by atoms with Gasteiger partial charge in [0.05, 0.1) is 15.9 Å². The molecule has 0 spiro atoms. The molecule has 0 saturated carbocycles. The molecule has 0 amide bonds. The smallest absolute Gasteiger partial charge is 0.313 e. The van der Waals surface area contributed by atoms with Crippen LogP contribution in [0, 0.1) is 15.9 Å². The van der Waals surface area contributed by atoms with Crippen LogP contribution < -0.4 is 10.1 Å². The third-order valence-corrected chi connectivity index (χ3v) is 3.50. The SMILES string of the molecule is CCCNc1ncc(COc2ccc(F)cc2[N+](=O)[O-])s1. The molecule has 1 aromatic heterocycles. The summed E-state index contributed by atoms with van der Waals surface area (Å²) in [7, 11) is 0. The number of nitro groups is 1. The van der Waals surface area contributed by atoms with Crippen LogP contribution in [0.3, 0.4) is 0 Å². The van der Waals surface area contributed by atoms with Crippen molar-refractivity contribution in [2.45, 2.75) is 20.0 Å². The van der Waals surface area contributed by atoms with Crippen molar-refractivity contribution in [3.05, 3.63) is 45.2 Å². The van der Waals surface area contributed by atoms with Crippen molar-refractivity contribution >= 4 is 22.2 Å². The highest BCUT2D eigenvalue weighted by atomic mass is 32.1. The Morgan fingerprint density at radius 1 is 1.52 bits per heavy atom. The molecule has 0 bridgehead atoms. The minimum atomic E-state index is -0.669. The van der Waals surface area contributed by atoms with E-state index in [-0.39, 0.29) is 18.0 Å². The van der Waals surface area contributed by atoms with Gasteiger partial charge in [-0.15, -0.1) is 0 Å². The molecule has 0 atom stereocenters. The van der Waals surface area contributed by atoms with Crippen molar-refractivity contribution in [2.75, 3.05) is 11.9 Å². The summed E-state index contributed by atoms with van der Waals surface area (Å²) < 4.78 is 18.4. The highest BCUT2D eigenvalue weighted by molar-refractivity contribution is 7.15. The predicted octanol–water partition coefficient (Wildman–Crippen LogP) is 3.59. The van der Waals surface area contributed by atoms with Gasteiger partial charge < -0.3 is 10.1 Å². The van der Waals surface area contributed by atoms with Gasteiger partial charge in [-0.25, -0.2) is 9.37 Å². The summed E-state index contributed by atoms with van der Waals surface area (Å²) in [5.74, 6) is -0.629. The van der Waals surface area contributed by atoms with Crippen LogP contribution in [0.2, 0.25) is 0 Å². The highest BCUT2D eigenvalue weighted by Gasteiger charge is 2.16. The number of nitro benzene ring substituents is 1. The van der Waals surface area contributed by atoms with Gasteiger partial charge in [-0.2, -0.15) is 0 Å². The highest BCUT2D eigenvalue weighted by Crippen LogP contribution is 2.29. The first-order valence-corrected chi connectivity index (χ1v) is 7.17. The Hall–Kier alpha value is -2.22. The largest absolute Gasteiger partial charge is 0.481 e. The summed E-state index contributed by atoms with van der Waals surface area (Å²) >= 11 is 1.42. The van der Waals surface area contributed by atoms with Crippen LogP contribution in [0.1, 0.15) is 18.2 Å². The second-order valence-electron chi connectivity index (χ2n) is 4.22. The number of thiazole rings is 1. The molecule has 2 aromatic rings. The third-order valence-electron chi connectivity index (χ3n) is 2.57. The van der Waals surface area contributed by atoms with Gasteiger partial charge >= 0.3 is 5.69 Å². The van der Waals surface area contributed by atoms with E-state index in [1.807, 2.05) is 0 Å². The number of anilines is 1. The van der Waals surface area contributed by atoms with Gasteiger partial charge in [0.25, 0.3) is 0 Å². The van der Waals surface area contributed by atoms with E-state index in [1.54, 1.807) is 6.20 Å². The summed E-state index contributed by atoms with van der Waals surface area (Å²) in [4.78, 5) is 15.2. The number of aromatic nitrogens is 1. The topological polar surface area (TPSA) is 77.3 Å². The molecular weight excluding hydrogens is 297 g/mol. The zero-order valence-electron chi connectivity index (χ0n) is 11.3. The van der Waals surface area contributed by atoms with Gasteiger partial charge in [-0.05, 0) is 18.6 Å². The van der Waals surface area contributed by atoms with E-state index in [0.29, 0.717) is 0 Å². The molecule has 2 rings (SSSR count). The normalized spacial score (nSPS) is 10.4. The van der Waals surface area contributed by atoms with E-state index < -0.39 is 10.7 Å². The molecule has 0 fully saturated rings. The molecule has 1 heterocycles. The lowest BCUT2D eigenvalue weighted by atomic mass is 10.3. The first-order valence-electron chi connectivity index (χ1n) is 6.35. The fourth-order valence-corrected chi connectivity index (χ4v) is 2.34. The molecular formula is C13H14FN3O3S. The number of hydrogen-bond donors (Lipinski definition) is 1. The third kappa shape index (κ3) is 4.12. The van der Waals surface area contributed by atoms with Crippen molar-refractivity contribution in [3.8, 4) is 5.75 Å². The first-order chi connectivity index (χ1) is 10.1. The number of rotatable bonds is 7. The number of nitrogens with zero attached hydrogens (tertiary/aromatic N) is 2. The van der Waals surface area contributed by atoms with E-state index in [2.05, 4.69) is 17.2 Å². The van der Waals surface area contributed by atoms with Crippen LogP contribution in [0.15, 0.2) is 24.4 Å². The molecule has 0 saturated heterocycles. The number of benzene rings is 1. The first kappa shape index (κ1) is 15.2. The van der Waals surface area contributed by atoms with Crippen LogP contribution in [-0.4, -0.2) is 16.5 Å². The molecule has 0 aliphatic carbocycles. The molecule has 21 heavy (non-hydrogen) atoms. The van der Waals surface area contributed by atoms with E-state index in [0.717, 1.165) is 35.1 Å². The van der Waals surface area contributed by atoms with Crippen molar-refractivity contribution in [3.63, 3.8) is 0 Å². The Labute approximate surface area is 124 Å². The fourth-order valence-electron chi connectivity index (χ4n) is 1.59. The molecule has 112 valence electrons. The Morgan fingerprint density at radius 3 is 3.05 bits per heavy atom. The number of hydrogen-bond acceptors (Lipinski definition) is 6.